The molecule has 0 aliphatic carbocycles. The molecule has 0 radical (unpaired) electrons. The molecule has 0 aromatic carbocycles. The quantitative estimate of drug-likeness (QED) is 0.920. The van der Waals surface area contributed by atoms with Gasteiger partial charge in [-0.25, -0.2) is 0 Å². The number of hydrogen-bond donors (Lipinski definition) is 1. The lowest BCUT2D eigenvalue weighted by molar-refractivity contribution is 0.167. The Labute approximate surface area is 121 Å². The van der Waals surface area contributed by atoms with Crippen LogP contribution in [-0.4, -0.2) is 19.9 Å². The number of pyridine rings is 1. The van der Waals surface area contributed by atoms with Crippen molar-refractivity contribution in [3.05, 3.63) is 46.0 Å². The third-order valence-electron chi connectivity index (χ3n) is 3.06. The summed E-state index contributed by atoms with van der Waals surface area (Å²) in [5, 5.41) is 14.8. The zero-order valence-electron chi connectivity index (χ0n) is 11.2. The molecular weight excluding hydrogens is 306 g/mol. The van der Waals surface area contributed by atoms with Crippen LogP contribution >= 0.6 is 15.9 Å². The summed E-state index contributed by atoms with van der Waals surface area (Å²) in [6.07, 6.45) is 4.39. The van der Waals surface area contributed by atoms with E-state index < -0.39 is 6.10 Å². The monoisotopic (exact) mass is 323 g/mol. The molecule has 19 heavy (non-hydrogen) atoms. The first-order valence-electron chi connectivity index (χ1n) is 6.48. The molecule has 2 aromatic rings. The van der Waals surface area contributed by atoms with Gasteiger partial charge in [0, 0.05) is 29.8 Å². The summed E-state index contributed by atoms with van der Waals surface area (Å²) < 4.78 is 2.80. The number of hydrogen-bond acceptors (Lipinski definition) is 3. The largest absolute Gasteiger partial charge is 0.386 e. The fraction of sp³-hybridized carbons (Fsp3) is 0.429. The van der Waals surface area contributed by atoms with Gasteiger partial charge in [0.1, 0.15) is 0 Å². The maximum absolute atomic E-state index is 10.4. The molecule has 4 nitrogen and oxygen atoms in total. The lowest BCUT2D eigenvalue weighted by Gasteiger charge is -2.12. The van der Waals surface area contributed by atoms with E-state index in [1.54, 1.807) is 12.4 Å². The molecule has 2 aromatic heterocycles. The maximum Gasteiger partial charge on any atom is 0.0997 e. The van der Waals surface area contributed by atoms with Crippen LogP contribution in [0.25, 0.3) is 0 Å². The Bertz CT molecular complexity index is 553. The van der Waals surface area contributed by atoms with Gasteiger partial charge >= 0.3 is 0 Å². The van der Waals surface area contributed by atoms with Crippen LogP contribution in [0.2, 0.25) is 0 Å². The van der Waals surface area contributed by atoms with Crippen LogP contribution in [0.3, 0.4) is 0 Å². The molecule has 0 fully saturated rings. The molecule has 0 saturated carbocycles. The van der Waals surface area contributed by atoms with E-state index in [0.717, 1.165) is 34.4 Å². The highest BCUT2D eigenvalue weighted by molar-refractivity contribution is 9.10. The second-order valence-corrected chi connectivity index (χ2v) is 5.38. The molecule has 102 valence electrons. The molecule has 0 spiro atoms. The molecule has 0 aliphatic rings. The number of aliphatic hydroxyl groups is 1. The van der Waals surface area contributed by atoms with Crippen LogP contribution in [0.1, 0.15) is 36.9 Å². The van der Waals surface area contributed by atoms with Crippen molar-refractivity contribution >= 4 is 15.9 Å². The highest BCUT2D eigenvalue weighted by atomic mass is 79.9. The van der Waals surface area contributed by atoms with E-state index in [1.165, 1.54) is 0 Å². The van der Waals surface area contributed by atoms with E-state index >= 15 is 0 Å². The van der Waals surface area contributed by atoms with Gasteiger partial charge in [0.15, 0.2) is 0 Å². The normalized spacial score (nSPS) is 12.6. The van der Waals surface area contributed by atoms with Gasteiger partial charge in [0.25, 0.3) is 0 Å². The average Bonchev–Trinajstić information content (AvgIpc) is 2.82. The molecule has 1 atom stereocenters. The summed E-state index contributed by atoms with van der Waals surface area (Å²) in [7, 11) is 0. The van der Waals surface area contributed by atoms with E-state index in [1.807, 2.05) is 23.7 Å². The summed E-state index contributed by atoms with van der Waals surface area (Å²) in [5.74, 6) is 0. The molecule has 1 N–H and O–H groups in total. The van der Waals surface area contributed by atoms with Crippen molar-refractivity contribution in [3.8, 4) is 0 Å². The van der Waals surface area contributed by atoms with Crippen LogP contribution in [0, 0.1) is 0 Å². The molecule has 0 saturated heterocycles. The molecule has 0 amide bonds. The molecule has 1 unspecified atom stereocenters. The number of aromatic nitrogens is 3. The van der Waals surface area contributed by atoms with E-state index in [2.05, 4.69) is 32.9 Å². The predicted octanol–water partition coefficient (Wildman–Crippen LogP) is 2.90. The number of nitrogens with zero attached hydrogens (tertiary/aromatic N) is 3. The fourth-order valence-electron chi connectivity index (χ4n) is 2.08. The molecule has 2 rings (SSSR count). The first kappa shape index (κ1) is 14.2. The van der Waals surface area contributed by atoms with Crippen molar-refractivity contribution < 1.29 is 5.11 Å². The predicted molar refractivity (Wildman–Crippen MR) is 77.9 cm³/mol. The van der Waals surface area contributed by atoms with Crippen molar-refractivity contribution in [3.63, 3.8) is 0 Å². The van der Waals surface area contributed by atoms with Crippen LogP contribution < -0.4 is 0 Å². The SMILES string of the molecule is CCc1cc(C(O)Cc2cncc(Br)c2)n(CC)n1. The topological polar surface area (TPSA) is 50.9 Å². The second-order valence-electron chi connectivity index (χ2n) is 4.46. The van der Waals surface area contributed by atoms with E-state index in [-0.39, 0.29) is 0 Å². The summed E-state index contributed by atoms with van der Waals surface area (Å²) in [5.41, 5.74) is 2.89. The van der Waals surface area contributed by atoms with Gasteiger partial charge < -0.3 is 5.11 Å². The summed E-state index contributed by atoms with van der Waals surface area (Å²) in [6.45, 7) is 4.86. The highest BCUT2D eigenvalue weighted by Crippen LogP contribution is 2.21. The van der Waals surface area contributed by atoms with Crippen LogP contribution in [0.4, 0.5) is 0 Å². The van der Waals surface area contributed by atoms with Crippen LogP contribution in [0.15, 0.2) is 29.0 Å². The lowest BCUT2D eigenvalue weighted by atomic mass is 10.1. The standard InChI is InChI=1S/C14H18BrN3O/c1-3-12-7-13(18(4-2)17-12)14(19)6-10-5-11(15)9-16-8-10/h5,7-9,14,19H,3-4,6H2,1-2H3. The van der Waals surface area contributed by atoms with Crippen molar-refractivity contribution in [2.75, 3.05) is 0 Å². The Morgan fingerprint density at radius 3 is 2.74 bits per heavy atom. The minimum absolute atomic E-state index is 0.543. The first-order valence-corrected chi connectivity index (χ1v) is 7.27. The third kappa shape index (κ3) is 3.42. The Balaban J connectivity index is 2.19. The summed E-state index contributed by atoms with van der Waals surface area (Å²) in [4.78, 5) is 4.11. The maximum atomic E-state index is 10.4. The van der Waals surface area contributed by atoms with Gasteiger partial charge in [-0.2, -0.15) is 5.10 Å². The van der Waals surface area contributed by atoms with Gasteiger partial charge in [-0.3, -0.25) is 9.67 Å². The van der Waals surface area contributed by atoms with Crippen LogP contribution in [-0.2, 0) is 19.4 Å². The highest BCUT2D eigenvalue weighted by Gasteiger charge is 2.15. The zero-order valence-corrected chi connectivity index (χ0v) is 12.8. The summed E-state index contributed by atoms with van der Waals surface area (Å²) in [6, 6.07) is 3.96. The van der Waals surface area contributed by atoms with Crippen molar-refractivity contribution in [1.29, 1.82) is 0 Å². The minimum Gasteiger partial charge on any atom is -0.386 e. The molecule has 5 heteroatoms. The Morgan fingerprint density at radius 1 is 1.32 bits per heavy atom. The fourth-order valence-corrected chi connectivity index (χ4v) is 2.49. The smallest absolute Gasteiger partial charge is 0.0997 e. The number of aliphatic hydroxyl groups excluding tert-OH is 1. The van der Waals surface area contributed by atoms with Gasteiger partial charge in [0.05, 0.1) is 17.5 Å². The molecule has 2 heterocycles. The van der Waals surface area contributed by atoms with Crippen molar-refractivity contribution in [1.82, 2.24) is 14.8 Å². The van der Waals surface area contributed by atoms with E-state index in [9.17, 15) is 5.11 Å². The molecule has 0 aliphatic heterocycles. The van der Waals surface area contributed by atoms with Crippen molar-refractivity contribution in [2.24, 2.45) is 0 Å². The van der Waals surface area contributed by atoms with Gasteiger partial charge in [-0.05, 0) is 47.0 Å². The Morgan fingerprint density at radius 2 is 2.11 bits per heavy atom. The van der Waals surface area contributed by atoms with Gasteiger partial charge in [-0.1, -0.05) is 6.92 Å². The Kier molecular flexibility index (Phi) is 4.71. The second kappa shape index (κ2) is 6.30. The van der Waals surface area contributed by atoms with E-state index in [0.29, 0.717) is 6.42 Å². The number of aryl methyl sites for hydroxylation is 2. The van der Waals surface area contributed by atoms with Crippen LogP contribution in [0.5, 0.6) is 0 Å². The average molecular weight is 324 g/mol. The lowest BCUT2D eigenvalue weighted by Crippen LogP contribution is -2.10. The Hall–Kier alpha value is -1.20. The van der Waals surface area contributed by atoms with Gasteiger partial charge in [-0.15, -0.1) is 0 Å². The molecular formula is C14H18BrN3O. The third-order valence-corrected chi connectivity index (χ3v) is 3.49. The van der Waals surface area contributed by atoms with Gasteiger partial charge in [0.2, 0.25) is 0 Å². The number of halogens is 1. The number of rotatable bonds is 5. The van der Waals surface area contributed by atoms with E-state index in [4.69, 9.17) is 0 Å². The molecule has 0 bridgehead atoms. The summed E-state index contributed by atoms with van der Waals surface area (Å²) >= 11 is 3.39. The minimum atomic E-state index is -0.552. The first-order chi connectivity index (χ1) is 9.13. The van der Waals surface area contributed by atoms with Crippen molar-refractivity contribution in [2.45, 2.75) is 39.3 Å². The zero-order chi connectivity index (χ0) is 13.8.